The van der Waals surface area contributed by atoms with Crippen LogP contribution < -0.4 is 10.6 Å². The topological polar surface area (TPSA) is 76.4 Å². The van der Waals surface area contributed by atoms with E-state index in [1.165, 1.54) is 5.57 Å². The van der Waals surface area contributed by atoms with Crippen molar-refractivity contribution in [2.24, 2.45) is 4.99 Å². The number of nitrogens with one attached hydrogen (secondary N) is 2. The zero-order valence-corrected chi connectivity index (χ0v) is 13.5. The predicted octanol–water partition coefficient (Wildman–Crippen LogP) is 0.742. The number of hydrogen-bond acceptors (Lipinski definition) is 4. The molecule has 22 heavy (non-hydrogen) atoms. The summed E-state index contributed by atoms with van der Waals surface area (Å²) in [4.78, 5) is 4.24. The lowest BCUT2D eigenvalue weighted by Crippen LogP contribution is -2.39. The quantitative estimate of drug-likeness (QED) is 0.441. The van der Waals surface area contributed by atoms with Crippen LogP contribution in [0.3, 0.4) is 0 Å². The zero-order valence-electron chi connectivity index (χ0n) is 13.5. The molecule has 122 valence electrons. The average molecular weight is 306 g/mol. The summed E-state index contributed by atoms with van der Waals surface area (Å²) in [5.74, 6) is 1.84. The number of nitrogens with zero attached hydrogens (tertiary/aromatic N) is 4. The van der Waals surface area contributed by atoms with E-state index in [1.807, 2.05) is 0 Å². The smallest absolute Gasteiger partial charge is 0.191 e. The highest BCUT2D eigenvalue weighted by molar-refractivity contribution is 5.79. The SMILES string of the molecule is CCc1nncn1CCNC(=NC)NCCC1=CCOCC1. The summed E-state index contributed by atoms with van der Waals surface area (Å²) in [6, 6.07) is 0. The van der Waals surface area contributed by atoms with Gasteiger partial charge in [0.1, 0.15) is 12.2 Å². The summed E-state index contributed by atoms with van der Waals surface area (Å²) in [7, 11) is 1.79. The van der Waals surface area contributed by atoms with Crippen LogP contribution in [-0.4, -0.2) is 54.1 Å². The fourth-order valence-electron chi connectivity index (χ4n) is 2.39. The number of guanidine groups is 1. The highest BCUT2D eigenvalue weighted by Crippen LogP contribution is 2.10. The molecule has 1 aliphatic heterocycles. The van der Waals surface area contributed by atoms with Crippen LogP contribution in [0.5, 0.6) is 0 Å². The molecule has 1 aromatic heterocycles. The molecule has 2 heterocycles. The lowest BCUT2D eigenvalue weighted by Gasteiger charge is -2.15. The van der Waals surface area contributed by atoms with Crippen molar-refractivity contribution in [1.29, 1.82) is 0 Å². The first kappa shape index (κ1) is 16.5. The Bertz CT molecular complexity index is 508. The van der Waals surface area contributed by atoms with E-state index in [2.05, 4.69) is 43.4 Å². The molecule has 2 rings (SSSR count). The van der Waals surface area contributed by atoms with E-state index < -0.39 is 0 Å². The van der Waals surface area contributed by atoms with Gasteiger partial charge in [-0.1, -0.05) is 18.6 Å². The lowest BCUT2D eigenvalue weighted by molar-refractivity contribution is 0.153. The van der Waals surface area contributed by atoms with Crippen molar-refractivity contribution in [3.05, 3.63) is 23.8 Å². The van der Waals surface area contributed by atoms with Crippen LogP contribution in [0.25, 0.3) is 0 Å². The Balaban J connectivity index is 1.65. The Hall–Kier alpha value is -1.89. The van der Waals surface area contributed by atoms with Gasteiger partial charge in [0.25, 0.3) is 0 Å². The molecule has 0 saturated carbocycles. The summed E-state index contributed by atoms with van der Waals surface area (Å²) in [5, 5.41) is 14.7. The van der Waals surface area contributed by atoms with Crippen molar-refractivity contribution >= 4 is 5.96 Å². The third kappa shape index (κ3) is 5.14. The largest absolute Gasteiger partial charge is 0.377 e. The van der Waals surface area contributed by atoms with Gasteiger partial charge in [0.15, 0.2) is 5.96 Å². The maximum absolute atomic E-state index is 5.31. The van der Waals surface area contributed by atoms with Gasteiger partial charge in [0.05, 0.1) is 13.2 Å². The summed E-state index contributed by atoms with van der Waals surface area (Å²) in [6.07, 6.45) is 6.93. The van der Waals surface area contributed by atoms with E-state index >= 15 is 0 Å². The molecule has 0 aliphatic carbocycles. The van der Waals surface area contributed by atoms with Gasteiger partial charge in [0.2, 0.25) is 0 Å². The molecule has 7 nitrogen and oxygen atoms in total. The van der Waals surface area contributed by atoms with Gasteiger partial charge >= 0.3 is 0 Å². The lowest BCUT2D eigenvalue weighted by atomic mass is 10.1. The molecule has 0 amide bonds. The maximum atomic E-state index is 5.31. The third-order valence-electron chi connectivity index (χ3n) is 3.68. The Kier molecular flexibility index (Phi) is 6.89. The van der Waals surface area contributed by atoms with Crippen LogP contribution in [0, 0.1) is 0 Å². The van der Waals surface area contributed by atoms with Crippen molar-refractivity contribution in [3.8, 4) is 0 Å². The molecular weight excluding hydrogens is 280 g/mol. The fourth-order valence-corrected chi connectivity index (χ4v) is 2.39. The molecule has 0 radical (unpaired) electrons. The molecule has 0 aromatic carbocycles. The summed E-state index contributed by atoms with van der Waals surface area (Å²) >= 11 is 0. The molecule has 0 unspecified atom stereocenters. The van der Waals surface area contributed by atoms with Crippen molar-refractivity contribution in [1.82, 2.24) is 25.4 Å². The molecule has 0 saturated heterocycles. The van der Waals surface area contributed by atoms with Crippen molar-refractivity contribution < 1.29 is 4.74 Å². The van der Waals surface area contributed by atoms with Crippen LogP contribution in [0.1, 0.15) is 25.6 Å². The molecule has 0 atom stereocenters. The first-order valence-electron chi connectivity index (χ1n) is 7.90. The number of ether oxygens (including phenoxy) is 1. The van der Waals surface area contributed by atoms with Crippen LogP contribution in [-0.2, 0) is 17.7 Å². The Morgan fingerprint density at radius 2 is 2.27 bits per heavy atom. The molecule has 0 bridgehead atoms. The molecule has 1 aliphatic rings. The Labute approximate surface area is 131 Å². The van der Waals surface area contributed by atoms with Crippen LogP contribution in [0.2, 0.25) is 0 Å². The standard InChI is InChI=1S/C15H26N6O/c1-3-14-20-19-12-21(14)9-8-18-15(16-2)17-7-4-13-5-10-22-11-6-13/h5,12H,3-4,6-11H2,1-2H3,(H2,16,17,18). The molecule has 1 aromatic rings. The number of aromatic nitrogens is 3. The van der Waals surface area contributed by atoms with Crippen molar-refractivity contribution in [3.63, 3.8) is 0 Å². The first-order chi connectivity index (χ1) is 10.8. The van der Waals surface area contributed by atoms with E-state index in [0.29, 0.717) is 0 Å². The highest BCUT2D eigenvalue weighted by Gasteiger charge is 2.05. The highest BCUT2D eigenvalue weighted by atomic mass is 16.5. The van der Waals surface area contributed by atoms with Gasteiger partial charge in [-0.05, 0) is 12.8 Å². The summed E-state index contributed by atoms with van der Waals surface area (Å²) in [6.45, 7) is 6.19. The second-order valence-electron chi connectivity index (χ2n) is 5.16. The second kappa shape index (κ2) is 9.19. The first-order valence-corrected chi connectivity index (χ1v) is 7.90. The van der Waals surface area contributed by atoms with Crippen LogP contribution in [0.15, 0.2) is 23.0 Å². The minimum Gasteiger partial charge on any atom is -0.377 e. The normalized spacial score (nSPS) is 15.5. The van der Waals surface area contributed by atoms with Gasteiger partial charge in [-0.15, -0.1) is 10.2 Å². The van der Waals surface area contributed by atoms with E-state index in [-0.39, 0.29) is 0 Å². The fraction of sp³-hybridized carbons (Fsp3) is 0.667. The number of rotatable bonds is 7. The van der Waals surface area contributed by atoms with Gasteiger partial charge in [-0.3, -0.25) is 4.99 Å². The minimum atomic E-state index is 0.751. The minimum absolute atomic E-state index is 0.751. The monoisotopic (exact) mass is 306 g/mol. The zero-order chi connectivity index (χ0) is 15.6. The Morgan fingerprint density at radius 3 is 3.00 bits per heavy atom. The van der Waals surface area contributed by atoms with Crippen LogP contribution in [0.4, 0.5) is 0 Å². The molecule has 0 spiro atoms. The van der Waals surface area contributed by atoms with Gasteiger partial charge < -0.3 is 19.9 Å². The second-order valence-corrected chi connectivity index (χ2v) is 5.16. The summed E-state index contributed by atoms with van der Waals surface area (Å²) < 4.78 is 7.37. The molecule has 0 fully saturated rings. The molecule has 2 N–H and O–H groups in total. The molecule has 7 heteroatoms. The maximum Gasteiger partial charge on any atom is 0.191 e. The Morgan fingerprint density at radius 1 is 1.41 bits per heavy atom. The van der Waals surface area contributed by atoms with E-state index in [0.717, 1.165) is 63.9 Å². The van der Waals surface area contributed by atoms with Gasteiger partial charge in [-0.2, -0.15) is 0 Å². The van der Waals surface area contributed by atoms with E-state index in [4.69, 9.17) is 4.74 Å². The summed E-state index contributed by atoms with van der Waals surface area (Å²) in [5.41, 5.74) is 1.46. The number of hydrogen-bond donors (Lipinski definition) is 2. The van der Waals surface area contributed by atoms with E-state index in [1.54, 1.807) is 13.4 Å². The molecular formula is C15H26N6O. The van der Waals surface area contributed by atoms with E-state index in [9.17, 15) is 0 Å². The van der Waals surface area contributed by atoms with Crippen molar-refractivity contribution in [2.75, 3.05) is 33.4 Å². The van der Waals surface area contributed by atoms with Crippen LogP contribution >= 0.6 is 0 Å². The number of aliphatic imine (C=N–C) groups is 1. The predicted molar refractivity (Wildman–Crippen MR) is 86.9 cm³/mol. The average Bonchev–Trinajstić information content (AvgIpc) is 3.02. The third-order valence-corrected chi connectivity index (χ3v) is 3.68. The van der Waals surface area contributed by atoms with Crippen molar-refractivity contribution in [2.45, 2.75) is 32.7 Å². The van der Waals surface area contributed by atoms with Gasteiger partial charge in [0, 0.05) is 33.1 Å². The van der Waals surface area contributed by atoms with Gasteiger partial charge in [-0.25, -0.2) is 0 Å². The number of aryl methyl sites for hydroxylation is 1.